The molecule has 0 saturated heterocycles. The van der Waals surface area contributed by atoms with Gasteiger partial charge in [0, 0.05) is 4.47 Å². The van der Waals surface area contributed by atoms with Gasteiger partial charge in [0.2, 0.25) is 0 Å². The van der Waals surface area contributed by atoms with Gasteiger partial charge in [-0.25, -0.2) is 0 Å². The molecule has 0 spiro atoms. The van der Waals surface area contributed by atoms with Crippen molar-refractivity contribution >= 4 is 27.1 Å². The van der Waals surface area contributed by atoms with Crippen LogP contribution in [0.2, 0.25) is 0 Å². The van der Waals surface area contributed by atoms with E-state index in [1.807, 2.05) is 0 Å². The summed E-state index contributed by atoms with van der Waals surface area (Å²) >= 11 is 3.59. The molecule has 0 heterocycles. The Bertz CT molecular complexity index is 1350. The van der Waals surface area contributed by atoms with Crippen LogP contribution in [0.4, 0.5) is 0 Å². The largest absolute Gasteiger partial charge is 0.0622 e. The van der Waals surface area contributed by atoms with Crippen molar-refractivity contribution in [3.05, 3.63) is 166 Å². The maximum Gasteiger partial charge on any atom is 0.0175 e. The van der Waals surface area contributed by atoms with Crippen LogP contribution in [-0.4, -0.2) is 0 Å². The molecule has 0 nitrogen and oxygen atoms in total. The highest BCUT2D eigenvalue weighted by atomic mass is 79.9. The zero-order valence-corrected chi connectivity index (χ0v) is 19.7. The fourth-order valence-electron chi connectivity index (χ4n) is 4.20. The normalized spacial score (nSPS) is 11.7. The van der Waals surface area contributed by atoms with Crippen LogP contribution in [0, 0.1) is 0 Å². The van der Waals surface area contributed by atoms with Crippen molar-refractivity contribution in [3.63, 3.8) is 0 Å². The van der Waals surface area contributed by atoms with Crippen molar-refractivity contribution < 1.29 is 0 Å². The summed E-state index contributed by atoms with van der Waals surface area (Å²) in [5.41, 5.74) is 9.68. The van der Waals surface area contributed by atoms with Gasteiger partial charge < -0.3 is 0 Å². The summed E-state index contributed by atoms with van der Waals surface area (Å²) in [7, 11) is 0. The molecule has 0 aromatic heterocycles. The van der Waals surface area contributed by atoms with Crippen LogP contribution in [-0.2, 0) is 0 Å². The fraction of sp³-hybridized carbons (Fsp3) is 0. The topological polar surface area (TPSA) is 0 Å². The van der Waals surface area contributed by atoms with E-state index in [4.69, 9.17) is 0 Å². The van der Waals surface area contributed by atoms with Crippen LogP contribution in [0.25, 0.3) is 22.3 Å². The molecule has 0 radical (unpaired) electrons. The lowest BCUT2D eigenvalue weighted by atomic mass is 9.85. The van der Waals surface area contributed by atoms with Gasteiger partial charge in [-0.1, -0.05) is 143 Å². The summed E-state index contributed by atoms with van der Waals surface area (Å²) in [6.45, 7) is 0. The van der Waals surface area contributed by atoms with Gasteiger partial charge in [-0.2, -0.15) is 0 Å². The molecule has 5 aromatic rings. The summed E-state index contributed by atoms with van der Waals surface area (Å²) in [4.78, 5) is 0. The highest BCUT2D eigenvalue weighted by Crippen LogP contribution is 2.37. The quantitative estimate of drug-likeness (QED) is 0.217. The third-order valence-corrected chi connectivity index (χ3v) is 6.32. The van der Waals surface area contributed by atoms with Crippen molar-refractivity contribution in [1.82, 2.24) is 0 Å². The molecule has 0 unspecified atom stereocenters. The zero-order valence-electron chi connectivity index (χ0n) is 18.2. The van der Waals surface area contributed by atoms with E-state index in [1.54, 1.807) is 0 Å². The first-order valence-electron chi connectivity index (χ1n) is 11.1. The van der Waals surface area contributed by atoms with E-state index in [9.17, 15) is 0 Å². The molecule has 0 saturated carbocycles. The summed E-state index contributed by atoms with van der Waals surface area (Å²) < 4.78 is 1.08. The third kappa shape index (κ3) is 4.74. The minimum Gasteiger partial charge on any atom is -0.0622 e. The van der Waals surface area contributed by atoms with Crippen molar-refractivity contribution in [2.75, 3.05) is 0 Å². The van der Waals surface area contributed by atoms with E-state index in [2.05, 4.69) is 155 Å². The number of hydrogen-bond donors (Lipinski definition) is 0. The van der Waals surface area contributed by atoms with E-state index in [0.29, 0.717) is 0 Å². The average Bonchev–Trinajstić information content (AvgIpc) is 2.90. The van der Waals surface area contributed by atoms with Gasteiger partial charge in [0.05, 0.1) is 0 Å². The standard InChI is InChI=1S/C32H23Br/c33-30-22-20-29(21-23-30)32(27-14-8-3-9-15-27)31(26-12-6-2-7-13-26)28-18-16-25(17-19-28)24-10-4-1-5-11-24/h1-23H. The summed E-state index contributed by atoms with van der Waals surface area (Å²) in [5.74, 6) is 0. The van der Waals surface area contributed by atoms with Crippen LogP contribution in [0.3, 0.4) is 0 Å². The SMILES string of the molecule is Brc1ccc(C(=C(c2ccccc2)c2ccc(-c3ccccc3)cc2)c2ccccc2)cc1. The predicted octanol–water partition coefficient (Wildman–Crippen LogP) is 9.12. The van der Waals surface area contributed by atoms with Gasteiger partial charge in [0.1, 0.15) is 0 Å². The molecule has 5 aromatic carbocycles. The van der Waals surface area contributed by atoms with Crippen LogP contribution in [0.1, 0.15) is 22.3 Å². The van der Waals surface area contributed by atoms with Crippen molar-refractivity contribution in [1.29, 1.82) is 0 Å². The highest BCUT2D eigenvalue weighted by Gasteiger charge is 2.16. The Morgan fingerprint density at radius 3 is 1.12 bits per heavy atom. The lowest BCUT2D eigenvalue weighted by molar-refractivity contribution is 1.49. The van der Waals surface area contributed by atoms with Crippen LogP contribution in [0.5, 0.6) is 0 Å². The third-order valence-electron chi connectivity index (χ3n) is 5.79. The predicted molar refractivity (Wildman–Crippen MR) is 144 cm³/mol. The van der Waals surface area contributed by atoms with Crippen molar-refractivity contribution in [3.8, 4) is 11.1 Å². The van der Waals surface area contributed by atoms with Gasteiger partial charge in [-0.05, 0) is 56.7 Å². The van der Waals surface area contributed by atoms with E-state index >= 15 is 0 Å². The minimum absolute atomic E-state index is 1.08. The molecule has 0 atom stereocenters. The smallest absolute Gasteiger partial charge is 0.0175 e. The van der Waals surface area contributed by atoms with Gasteiger partial charge in [0.25, 0.3) is 0 Å². The summed E-state index contributed by atoms with van der Waals surface area (Å²) in [6, 6.07) is 49.4. The molecule has 0 amide bonds. The fourth-order valence-corrected chi connectivity index (χ4v) is 4.46. The van der Waals surface area contributed by atoms with E-state index < -0.39 is 0 Å². The van der Waals surface area contributed by atoms with E-state index in [-0.39, 0.29) is 0 Å². The Balaban J connectivity index is 1.76. The molecule has 5 rings (SSSR count). The summed E-state index contributed by atoms with van der Waals surface area (Å²) in [5, 5.41) is 0. The average molecular weight is 487 g/mol. The molecule has 1 heteroatoms. The highest BCUT2D eigenvalue weighted by molar-refractivity contribution is 9.10. The first-order valence-corrected chi connectivity index (χ1v) is 11.9. The van der Waals surface area contributed by atoms with Gasteiger partial charge >= 0.3 is 0 Å². The second-order valence-electron chi connectivity index (χ2n) is 7.93. The molecular weight excluding hydrogens is 464 g/mol. The Morgan fingerprint density at radius 2 is 0.667 bits per heavy atom. The molecule has 0 fully saturated rings. The van der Waals surface area contributed by atoms with Crippen molar-refractivity contribution in [2.24, 2.45) is 0 Å². The second-order valence-corrected chi connectivity index (χ2v) is 8.85. The van der Waals surface area contributed by atoms with E-state index in [1.165, 1.54) is 44.5 Å². The molecule has 158 valence electrons. The van der Waals surface area contributed by atoms with Crippen molar-refractivity contribution in [2.45, 2.75) is 0 Å². The van der Waals surface area contributed by atoms with Gasteiger partial charge in [-0.3, -0.25) is 0 Å². The monoisotopic (exact) mass is 486 g/mol. The van der Waals surface area contributed by atoms with Crippen LogP contribution in [0.15, 0.2) is 144 Å². The molecule has 0 bridgehead atoms. The Hall–Kier alpha value is -3.68. The molecule has 0 aliphatic heterocycles. The maximum atomic E-state index is 3.59. The van der Waals surface area contributed by atoms with Gasteiger partial charge in [0.15, 0.2) is 0 Å². The lowest BCUT2D eigenvalue weighted by Gasteiger charge is -2.18. The molecular formula is C32H23Br. The number of halogens is 1. The first kappa shape index (κ1) is 21.2. The molecule has 33 heavy (non-hydrogen) atoms. The molecule has 0 aliphatic carbocycles. The van der Waals surface area contributed by atoms with Crippen LogP contribution >= 0.6 is 15.9 Å². The lowest BCUT2D eigenvalue weighted by Crippen LogP contribution is -1.97. The minimum atomic E-state index is 1.08. The number of rotatable bonds is 5. The van der Waals surface area contributed by atoms with Gasteiger partial charge in [-0.15, -0.1) is 0 Å². The van der Waals surface area contributed by atoms with E-state index in [0.717, 1.165) is 4.47 Å². The molecule has 0 aliphatic rings. The Kier molecular flexibility index (Phi) is 6.32. The summed E-state index contributed by atoms with van der Waals surface area (Å²) in [6.07, 6.45) is 0. The zero-order chi connectivity index (χ0) is 22.5. The second kappa shape index (κ2) is 9.85. The first-order chi connectivity index (χ1) is 16.3. The molecule has 0 N–H and O–H groups in total. The Labute approximate surface area is 204 Å². The number of hydrogen-bond acceptors (Lipinski definition) is 0. The maximum absolute atomic E-state index is 3.59. The Morgan fingerprint density at radius 1 is 0.333 bits per heavy atom. The number of benzene rings is 5. The van der Waals surface area contributed by atoms with Crippen LogP contribution < -0.4 is 0 Å².